The van der Waals surface area contributed by atoms with Crippen LogP contribution in [0.1, 0.15) is 19.3 Å². The van der Waals surface area contributed by atoms with Gasteiger partial charge in [-0.15, -0.1) is 0 Å². The summed E-state index contributed by atoms with van der Waals surface area (Å²) < 4.78 is 0. The molecule has 1 saturated heterocycles. The molecular formula is C21H22N4O. The molecule has 1 N–H and O–H groups in total. The third kappa shape index (κ3) is 3.52. The van der Waals surface area contributed by atoms with Crippen LogP contribution in [0.4, 0.5) is 5.82 Å². The molecule has 1 aromatic heterocycles. The second-order valence-corrected chi connectivity index (χ2v) is 6.54. The topological polar surface area (TPSA) is 58.1 Å². The van der Waals surface area contributed by atoms with Crippen LogP contribution in [0.3, 0.4) is 0 Å². The van der Waals surface area contributed by atoms with Gasteiger partial charge in [0.2, 0.25) is 5.91 Å². The number of benzene rings is 2. The predicted molar refractivity (Wildman–Crippen MR) is 104 cm³/mol. The number of hydrogen-bond donors (Lipinski definition) is 1. The van der Waals surface area contributed by atoms with Crippen LogP contribution in [0.25, 0.3) is 22.3 Å². The lowest BCUT2D eigenvalue weighted by Crippen LogP contribution is -2.29. The van der Waals surface area contributed by atoms with Gasteiger partial charge in [-0.2, -0.15) is 0 Å². The molecule has 1 aliphatic heterocycles. The lowest BCUT2D eigenvalue weighted by Gasteiger charge is -2.16. The van der Waals surface area contributed by atoms with Gasteiger partial charge in [-0.1, -0.05) is 42.5 Å². The Morgan fingerprint density at radius 3 is 2.50 bits per heavy atom. The third-order valence-corrected chi connectivity index (χ3v) is 4.73. The fourth-order valence-electron chi connectivity index (χ4n) is 3.34. The summed E-state index contributed by atoms with van der Waals surface area (Å²) in [4.78, 5) is 23.6. The van der Waals surface area contributed by atoms with E-state index in [0.29, 0.717) is 18.8 Å². The molecule has 0 bridgehead atoms. The van der Waals surface area contributed by atoms with Crippen molar-refractivity contribution >= 4 is 22.6 Å². The van der Waals surface area contributed by atoms with Crippen LogP contribution in [-0.2, 0) is 4.79 Å². The zero-order valence-corrected chi connectivity index (χ0v) is 14.7. The quantitative estimate of drug-likeness (QED) is 0.765. The molecule has 26 heavy (non-hydrogen) atoms. The van der Waals surface area contributed by atoms with Crippen molar-refractivity contribution in [1.82, 2.24) is 14.9 Å². The number of amides is 1. The predicted octanol–water partition coefficient (Wildman–Crippen LogP) is 3.72. The van der Waals surface area contributed by atoms with E-state index >= 15 is 0 Å². The van der Waals surface area contributed by atoms with Gasteiger partial charge in [-0.25, -0.2) is 9.97 Å². The number of aromatic nitrogens is 2. The Balaban J connectivity index is 1.56. The van der Waals surface area contributed by atoms with Crippen LogP contribution in [0.2, 0.25) is 0 Å². The van der Waals surface area contributed by atoms with Gasteiger partial charge in [0.15, 0.2) is 5.82 Å². The molecule has 1 fully saturated rings. The first kappa shape index (κ1) is 16.5. The Hall–Kier alpha value is -2.95. The first-order chi connectivity index (χ1) is 12.8. The number of anilines is 1. The number of fused-ring (bicyclic) bond motifs is 1. The highest BCUT2D eigenvalue weighted by molar-refractivity contribution is 5.90. The van der Waals surface area contributed by atoms with Gasteiger partial charge in [0.1, 0.15) is 5.82 Å². The largest absolute Gasteiger partial charge is 0.369 e. The fraction of sp³-hybridized carbons (Fsp3) is 0.286. The normalized spacial score (nSPS) is 13.9. The summed E-state index contributed by atoms with van der Waals surface area (Å²) >= 11 is 0. The molecule has 0 unspecified atom stereocenters. The van der Waals surface area contributed by atoms with E-state index in [4.69, 9.17) is 4.98 Å². The maximum atomic E-state index is 12.2. The van der Waals surface area contributed by atoms with Gasteiger partial charge < -0.3 is 10.2 Å². The summed E-state index contributed by atoms with van der Waals surface area (Å²) in [7, 11) is 0. The van der Waals surface area contributed by atoms with Crippen LogP contribution in [0, 0.1) is 0 Å². The highest BCUT2D eigenvalue weighted by atomic mass is 16.2. The van der Waals surface area contributed by atoms with E-state index in [0.717, 1.165) is 48.2 Å². The number of carbonyl (C=O) groups excluding carboxylic acids is 1. The Morgan fingerprint density at radius 2 is 1.69 bits per heavy atom. The molecule has 1 aliphatic rings. The van der Waals surface area contributed by atoms with E-state index in [2.05, 4.69) is 10.3 Å². The SMILES string of the molecule is O=C(CCNc1nc(-c2ccccc2)nc2ccccc12)N1CCCC1. The second kappa shape index (κ2) is 7.52. The van der Waals surface area contributed by atoms with Gasteiger partial charge in [0.25, 0.3) is 0 Å². The smallest absolute Gasteiger partial charge is 0.224 e. The van der Waals surface area contributed by atoms with Crippen molar-refractivity contribution < 1.29 is 4.79 Å². The molecule has 3 aromatic rings. The van der Waals surface area contributed by atoms with Crippen LogP contribution >= 0.6 is 0 Å². The minimum atomic E-state index is 0.219. The summed E-state index contributed by atoms with van der Waals surface area (Å²) in [5.41, 5.74) is 1.88. The molecule has 0 spiro atoms. The number of hydrogen-bond acceptors (Lipinski definition) is 4. The van der Waals surface area contributed by atoms with Crippen molar-refractivity contribution in [2.75, 3.05) is 25.0 Å². The van der Waals surface area contributed by atoms with Crippen molar-refractivity contribution in [1.29, 1.82) is 0 Å². The average Bonchev–Trinajstić information content (AvgIpc) is 3.23. The highest BCUT2D eigenvalue weighted by Gasteiger charge is 2.17. The van der Waals surface area contributed by atoms with E-state index in [1.165, 1.54) is 0 Å². The highest BCUT2D eigenvalue weighted by Crippen LogP contribution is 2.24. The lowest BCUT2D eigenvalue weighted by atomic mass is 10.2. The molecule has 2 heterocycles. The summed E-state index contributed by atoms with van der Waals surface area (Å²) in [5, 5.41) is 4.33. The molecule has 5 nitrogen and oxygen atoms in total. The minimum absolute atomic E-state index is 0.219. The Kier molecular flexibility index (Phi) is 4.78. The number of likely N-dealkylation sites (tertiary alicyclic amines) is 1. The number of para-hydroxylation sites is 1. The van der Waals surface area contributed by atoms with Crippen molar-refractivity contribution in [2.45, 2.75) is 19.3 Å². The summed E-state index contributed by atoms with van der Waals surface area (Å²) in [5.74, 6) is 1.69. The van der Waals surface area contributed by atoms with Crippen LogP contribution in [0.15, 0.2) is 54.6 Å². The van der Waals surface area contributed by atoms with Crippen molar-refractivity contribution in [3.63, 3.8) is 0 Å². The molecular weight excluding hydrogens is 324 g/mol. The maximum Gasteiger partial charge on any atom is 0.224 e. The Morgan fingerprint density at radius 1 is 0.962 bits per heavy atom. The van der Waals surface area contributed by atoms with Crippen molar-refractivity contribution in [2.24, 2.45) is 0 Å². The molecule has 0 aliphatic carbocycles. The standard InChI is InChI=1S/C21H22N4O/c26-19(25-14-6-7-15-25)12-13-22-21-17-10-4-5-11-18(17)23-20(24-21)16-8-2-1-3-9-16/h1-5,8-11H,6-7,12-15H2,(H,22,23,24). The number of nitrogens with zero attached hydrogens (tertiary/aromatic N) is 3. The van der Waals surface area contributed by atoms with E-state index in [9.17, 15) is 4.79 Å². The van der Waals surface area contributed by atoms with Gasteiger partial charge in [-0.05, 0) is 25.0 Å². The molecule has 0 atom stereocenters. The molecule has 5 heteroatoms. The average molecular weight is 346 g/mol. The maximum absolute atomic E-state index is 12.2. The van der Waals surface area contributed by atoms with Gasteiger partial charge in [0, 0.05) is 37.0 Å². The molecule has 132 valence electrons. The number of nitrogens with one attached hydrogen (secondary N) is 1. The first-order valence-corrected chi connectivity index (χ1v) is 9.15. The Labute approximate surface area is 153 Å². The fourth-order valence-corrected chi connectivity index (χ4v) is 3.34. The van der Waals surface area contributed by atoms with Gasteiger partial charge in [-0.3, -0.25) is 4.79 Å². The monoisotopic (exact) mass is 346 g/mol. The molecule has 0 radical (unpaired) electrons. The zero-order valence-electron chi connectivity index (χ0n) is 14.7. The molecule has 2 aromatic carbocycles. The van der Waals surface area contributed by atoms with E-state index < -0.39 is 0 Å². The summed E-state index contributed by atoms with van der Waals surface area (Å²) in [6.45, 7) is 2.37. The summed E-state index contributed by atoms with van der Waals surface area (Å²) in [6, 6.07) is 17.9. The minimum Gasteiger partial charge on any atom is -0.369 e. The molecule has 0 saturated carbocycles. The zero-order chi connectivity index (χ0) is 17.8. The van der Waals surface area contributed by atoms with Gasteiger partial charge >= 0.3 is 0 Å². The van der Waals surface area contributed by atoms with E-state index in [1.807, 2.05) is 59.5 Å². The second-order valence-electron chi connectivity index (χ2n) is 6.54. The molecule has 1 amide bonds. The van der Waals surface area contributed by atoms with E-state index in [-0.39, 0.29) is 5.91 Å². The van der Waals surface area contributed by atoms with Gasteiger partial charge in [0.05, 0.1) is 5.52 Å². The third-order valence-electron chi connectivity index (χ3n) is 4.73. The number of carbonyl (C=O) groups is 1. The van der Waals surface area contributed by atoms with E-state index in [1.54, 1.807) is 0 Å². The van der Waals surface area contributed by atoms with Crippen LogP contribution in [0.5, 0.6) is 0 Å². The summed E-state index contributed by atoms with van der Waals surface area (Å²) in [6.07, 6.45) is 2.73. The first-order valence-electron chi connectivity index (χ1n) is 9.15. The van der Waals surface area contributed by atoms with Crippen LogP contribution < -0.4 is 5.32 Å². The molecule has 4 rings (SSSR count). The number of rotatable bonds is 5. The lowest BCUT2D eigenvalue weighted by molar-refractivity contribution is -0.129. The Bertz CT molecular complexity index is 904. The van der Waals surface area contributed by atoms with Crippen molar-refractivity contribution in [3.05, 3.63) is 54.6 Å². The van der Waals surface area contributed by atoms with Crippen molar-refractivity contribution in [3.8, 4) is 11.4 Å². The van der Waals surface area contributed by atoms with Crippen LogP contribution in [-0.4, -0.2) is 40.4 Å².